The predicted octanol–water partition coefficient (Wildman–Crippen LogP) is 5.20. The fraction of sp³-hybridized carbons (Fsp3) is 0.0435. The van der Waals surface area contributed by atoms with E-state index in [1.165, 1.54) is 30.3 Å². The van der Waals surface area contributed by atoms with Gasteiger partial charge in [-0.2, -0.15) is 0 Å². The zero-order valence-corrected chi connectivity index (χ0v) is 16.3. The van der Waals surface area contributed by atoms with E-state index in [0.717, 1.165) is 5.56 Å². The van der Waals surface area contributed by atoms with Gasteiger partial charge in [-0.25, -0.2) is 4.39 Å². The van der Waals surface area contributed by atoms with Gasteiger partial charge in [0.1, 0.15) is 11.5 Å². The minimum Gasteiger partial charge on any atom is -0.321 e. The normalized spacial score (nSPS) is 11.1. The van der Waals surface area contributed by atoms with Gasteiger partial charge in [0.25, 0.3) is 11.8 Å². The quantitative estimate of drug-likeness (QED) is 0.570. The number of carbonyl (C=O) groups excluding carboxylic acids is 2. The lowest BCUT2D eigenvalue weighted by Gasteiger charge is -2.12. The third kappa shape index (κ3) is 5.77. The first-order valence-corrected chi connectivity index (χ1v) is 9.21. The van der Waals surface area contributed by atoms with E-state index in [1.54, 1.807) is 48.5 Å². The minimum atomic E-state index is -0.528. The van der Waals surface area contributed by atoms with Gasteiger partial charge in [0.2, 0.25) is 0 Å². The van der Waals surface area contributed by atoms with E-state index in [1.807, 2.05) is 6.92 Å². The van der Waals surface area contributed by atoms with Crippen LogP contribution in [-0.4, -0.2) is 11.8 Å². The molecule has 0 aliphatic carbocycles. The van der Waals surface area contributed by atoms with Crippen LogP contribution >= 0.6 is 11.6 Å². The average molecular weight is 409 g/mol. The van der Waals surface area contributed by atoms with Crippen LogP contribution in [0.4, 0.5) is 10.1 Å². The van der Waals surface area contributed by atoms with Gasteiger partial charge in [0, 0.05) is 16.3 Å². The number of hydrogen-bond donors (Lipinski definition) is 2. The summed E-state index contributed by atoms with van der Waals surface area (Å²) in [6.45, 7) is 1.86. The van der Waals surface area contributed by atoms with Gasteiger partial charge in [-0.05, 0) is 66.6 Å². The van der Waals surface area contributed by atoms with Crippen molar-refractivity contribution in [2.45, 2.75) is 6.92 Å². The van der Waals surface area contributed by atoms with Crippen molar-refractivity contribution in [3.8, 4) is 0 Å². The number of rotatable bonds is 5. The lowest BCUT2D eigenvalue weighted by molar-refractivity contribution is -0.113. The maximum Gasteiger partial charge on any atom is 0.272 e. The summed E-state index contributed by atoms with van der Waals surface area (Å²) in [5, 5.41) is 5.84. The first-order valence-electron chi connectivity index (χ1n) is 8.83. The molecular weight excluding hydrogens is 391 g/mol. The molecule has 0 heterocycles. The molecule has 0 bridgehead atoms. The van der Waals surface area contributed by atoms with Gasteiger partial charge in [-0.3, -0.25) is 9.59 Å². The maximum atomic E-state index is 13.2. The number of carbonyl (C=O) groups is 2. The molecule has 0 spiro atoms. The molecular formula is C23H18ClFN2O2. The highest BCUT2D eigenvalue weighted by molar-refractivity contribution is 6.31. The standard InChI is InChI=1S/C23H18ClFN2O2/c1-15-11-18(24)14-20(12-15)26-23(29)21(13-16-7-9-19(25)10-8-16)27-22(28)17-5-3-2-4-6-17/h2-14H,1H3,(H,26,29)(H,27,28)/b21-13-. The van der Waals surface area contributed by atoms with Crippen LogP contribution in [0.25, 0.3) is 6.08 Å². The van der Waals surface area contributed by atoms with E-state index in [0.29, 0.717) is 21.8 Å². The predicted molar refractivity (Wildman–Crippen MR) is 113 cm³/mol. The van der Waals surface area contributed by atoms with E-state index in [4.69, 9.17) is 11.6 Å². The monoisotopic (exact) mass is 408 g/mol. The van der Waals surface area contributed by atoms with E-state index >= 15 is 0 Å². The van der Waals surface area contributed by atoms with Crippen LogP contribution in [0.2, 0.25) is 5.02 Å². The highest BCUT2D eigenvalue weighted by Gasteiger charge is 2.15. The summed E-state index contributed by atoms with van der Waals surface area (Å²) in [7, 11) is 0. The first kappa shape index (κ1) is 20.3. The van der Waals surface area contributed by atoms with Crippen molar-refractivity contribution in [1.29, 1.82) is 0 Å². The molecule has 0 saturated carbocycles. The summed E-state index contributed by atoms with van der Waals surface area (Å²) < 4.78 is 13.2. The molecule has 0 unspecified atom stereocenters. The van der Waals surface area contributed by atoms with Crippen molar-refractivity contribution in [2.75, 3.05) is 5.32 Å². The van der Waals surface area contributed by atoms with Crippen molar-refractivity contribution in [1.82, 2.24) is 5.32 Å². The highest BCUT2D eigenvalue weighted by Crippen LogP contribution is 2.19. The summed E-state index contributed by atoms with van der Waals surface area (Å²) in [4.78, 5) is 25.4. The fourth-order valence-electron chi connectivity index (χ4n) is 2.68. The van der Waals surface area contributed by atoms with Gasteiger partial charge in [-0.15, -0.1) is 0 Å². The second kappa shape index (κ2) is 9.17. The molecule has 2 amide bonds. The lowest BCUT2D eigenvalue weighted by atomic mass is 10.1. The van der Waals surface area contributed by atoms with Gasteiger partial charge in [0.05, 0.1) is 0 Å². The van der Waals surface area contributed by atoms with Crippen LogP contribution in [0.15, 0.2) is 78.5 Å². The van der Waals surface area contributed by atoms with E-state index in [2.05, 4.69) is 10.6 Å². The number of benzene rings is 3. The van der Waals surface area contributed by atoms with Gasteiger partial charge in [0.15, 0.2) is 0 Å². The van der Waals surface area contributed by atoms with Gasteiger partial charge >= 0.3 is 0 Å². The van der Waals surface area contributed by atoms with Gasteiger partial charge in [-0.1, -0.05) is 41.9 Å². The molecule has 6 heteroatoms. The maximum absolute atomic E-state index is 13.2. The largest absolute Gasteiger partial charge is 0.321 e. The van der Waals surface area contributed by atoms with E-state index in [9.17, 15) is 14.0 Å². The number of hydrogen-bond acceptors (Lipinski definition) is 2. The molecule has 3 rings (SSSR count). The Morgan fingerprint density at radius 3 is 2.31 bits per heavy atom. The molecule has 0 aliphatic heterocycles. The third-order valence-electron chi connectivity index (χ3n) is 4.01. The Balaban J connectivity index is 1.89. The third-order valence-corrected chi connectivity index (χ3v) is 4.23. The zero-order chi connectivity index (χ0) is 20.8. The summed E-state index contributed by atoms with van der Waals surface area (Å²) in [5.74, 6) is -1.35. The number of anilines is 1. The molecule has 0 fully saturated rings. The highest BCUT2D eigenvalue weighted by atomic mass is 35.5. The number of amides is 2. The van der Waals surface area contributed by atoms with Crippen LogP contribution in [0, 0.1) is 12.7 Å². The summed E-state index contributed by atoms with van der Waals surface area (Å²) >= 11 is 6.05. The van der Waals surface area contributed by atoms with Gasteiger partial charge < -0.3 is 10.6 Å². The molecule has 3 aromatic rings. The smallest absolute Gasteiger partial charge is 0.272 e. The Labute approximate surface area is 173 Å². The molecule has 29 heavy (non-hydrogen) atoms. The molecule has 3 aromatic carbocycles. The molecule has 4 nitrogen and oxygen atoms in total. The molecule has 0 atom stereocenters. The molecule has 0 saturated heterocycles. The van der Waals surface area contributed by atoms with Crippen molar-refractivity contribution in [2.24, 2.45) is 0 Å². The van der Waals surface area contributed by atoms with E-state index in [-0.39, 0.29) is 5.70 Å². The zero-order valence-electron chi connectivity index (χ0n) is 15.6. The Morgan fingerprint density at radius 1 is 0.966 bits per heavy atom. The summed E-state index contributed by atoms with van der Waals surface area (Å²) in [5.41, 5.74) is 2.36. The van der Waals surface area contributed by atoms with Crippen molar-refractivity contribution < 1.29 is 14.0 Å². The fourth-order valence-corrected chi connectivity index (χ4v) is 2.96. The molecule has 146 valence electrons. The Morgan fingerprint density at radius 2 is 1.66 bits per heavy atom. The van der Waals surface area contributed by atoms with Crippen molar-refractivity contribution in [3.63, 3.8) is 0 Å². The molecule has 2 N–H and O–H groups in total. The SMILES string of the molecule is Cc1cc(Cl)cc(NC(=O)/C(=C/c2ccc(F)cc2)NC(=O)c2ccccc2)c1. The van der Waals surface area contributed by atoms with Crippen LogP contribution in [0.5, 0.6) is 0 Å². The average Bonchev–Trinajstić information content (AvgIpc) is 2.69. The Kier molecular flexibility index (Phi) is 6.42. The topological polar surface area (TPSA) is 58.2 Å². The Bertz CT molecular complexity index is 1040. The second-order valence-corrected chi connectivity index (χ2v) is 6.84. The molecule has 0 aliphatic rings. The molecule has 0 radical (unpaired) electrons. The van der Waals surface area contributed by atoms with E-state index < -0.39 is 17.6 Å². The number of halogens is 2. The number of aryl methyl sites for hydroxylation is 1. The first-order chi connectivity index (χ1) is 13.9. The van der Waals surface area contributed by atoms with Crippen LogP contribution in [-0.2, 0) is 4.79 Å². The van der Waals surface area contributed by atoms with Crippen LogP contribution in [0.1, 0.15) is 21.5 Å². The second-order valence-electron chi connectivity index (χ2n) is 6.40. The molecule has 0 aromatic heterocycles. The van der Waals surface area contributed by atoms with Crippen LogP contribution in [0.3, 0.4) is 0 Å². The minimum absolute atomic E-state index is 0.0167. The Hall–Kier alpha value is -3.44. The summed E-state index contributed by atoms with van der Waals surface area (Å²) in [6, 6.07) is 19.3. The van der Waals surface area contributed by atoms with Crippen LogP contribution < -0.4 is 10.6 Å². The van der Waals surface area contributed by atoms with Crippen molar-refractivity contribution >= 4 is 35.2 Å². The van der Waals surface area contributed by atoms with Crippen molar-refractivity contribution in [3.05, 3.63) is 106 Å². The summed E-state index contributed by atoms with van der Waals surface area (Å²) in [6.07, 6.45) is 1.48. The number of nitrogens with one attached hydrogen (secondary N) is 2. The lowest BCUT2D eigenvalue weighted by Crippen LogP contribution is -2.30.